The van der Waals surface area contributed by atoms with Crippen molar-refractivity contribution in [3.8, 4) is 0 Å². The maximum atomic E-state index is 11.9. The molecule has 0 bridgehead atoms. The van der Waals surface area contributed by atoms with E-state index in [1.54, 1.807) is 0 Å². The average molecular weight is 458 g/mol. The van der Waals surface area contributed by atoms with E-state index in [0.29, 0.717) is 17.6 Å². The Hall–Kier alpha value is -0.130. The van der Waals surface area contributed by atoms with Crippen LogP contribution in [0.5, 0.6) is 0 Å². The summed E-state index contributed by atoms with van der Waals surface area (Å²) < 4.78 is 33.0. The first-order valence-electron chi connectivity index (χ1n) is 10.7. The largest absolute Gasteiger partial charge is 0.756 e. The number of rotatable bonds is 15. The van der Waals surface area contributed by atoms with Crippen LogP contribution in [-0.2, 0) is 23.1 Å². The van der Waals surface area contributed by atoms with E-state index in [4.69, 9.17) is 18.5 Å². The van der Waals surface area contributed by atoms with E-state index < -0.39 is 45.1 Å². The highest BCUT2D eigenvalue weighted by atomic mass is 31.2. The zero-order valence-corrected chi connectivity index (χ0v) is 19.5. The Morgan fingerprint density at radius 2 is 1.57 bits per heavy atom. The predicted molar refractivity (Wildman–Crippen MR) is 108 cm³/mol. The minimum Gasteiger partial charge on any atom is -0.756 e. The number of aliphatic hydroxyl groups excluding tert-OH is 3. The van der Waals surface area contributed by atoms with Gasteiger partial charge in [0.1, 0.15) is 37.6 Å². The number of likely N-dealkylation sites (N-methyl/N-ethyl adjacent to an activating group) is 1. The number of nitrogens with zero attached hydrogens (tertiary/aromatic N) is 1. The number of quaternary nitrogens is 1. The SMILES string of the molecule is CCCCCCCCO[C@@H]1O[C@H](COP(=O)([O-])OCC[N+](C)(C)C)[C@H](O)[C@H](O)[C@H]1O. The van der Waals surface area contributed by atoms with Crippen molar-refractivity contribution in [1.82, 2.24) is 0 Å². The highest BCUT2D eigenvalue weighted by Crippen LogP contribution is 2.39. The Kier molecular flexibility index (Phi) is 12.5. The van der Waals surface area contributed by atoms with Crippen LogP contribution in [0.3, 0.4) is 0 Å². The molecule has 0 radical (unpaired) electrons. The van der Waals surface area contributed by atoms with Gasteiger partial charge in [-0.25, -0.2) is 0 Å². The molecule has 1 aliphatic rings. The third-order valence-corrected chi connectivity index (χ3v) is 5.82. The van der Waals surface area contributed by atoms with Crippen LogP contribution < -0.4 is 4.89 Å². The molecular weight excluding hydrogens is 417 g/mol. The van der Waals surface area contributed by atoms with Crippen LogP contribution in [-0.4, -0.2) is 98.0 Å². The van der Waals surface area contributed by atoms with Gasteiger partial charge in [-0.2, -0.15) is 0 Å². The normalized spacial score (nSPS) is 29.7. The molecule has 180 valence electrons. The fraction of sp³-hybridized carbons (Fsp3) is 1.00. The molecule has 1 rings (SSSR count). The first-order chi connectivity index (χ1) is 14.0. The van der Waals surface area contributed by atoms with Crippen molar-refractivity contribution in [1.29, 1.82) is 0 Å². The van der Waals surface area contributed by atoms with E-state index in [1.807, 2.05) is 21.1 Å². The summed E-state index contributed by atoms with van der Waals surface area (Å²) in [6.45, 7) is 2.31. The first kappa shape index (κ1) is 27.9. The second-order valence-corrected chi connectivity index (χ2v) is 10.2. The molecule has 0 aromatic heterocycles. The Morgan fingerprint density at radius 3 is 2.20 bits per heavy atom. The number of hydrogen-bond acceptors (Lipinski definition) is 9. The summed E-state index contributed by atoms with van der Waals surface area (Å²) in [5, 5.41) is 30.2. The highest BCUT2D eigenvalue weighted by Gasteiger charge is 2.44. The molecule has 0 saturated carbocycles. The number of phosphoric acid groups is 1. The Labute approximate surface area is 179 Å². The zero-order chi connectivity index (χ0) is 22.8. The van der Waals surface area contributed by atoms with E-state index in [-0.39, 0.29) is 6.61 Å². The molecule has 1 unspecified atom stereocenters. The Balaban J connectivity index is 2.44. The molecule has 1 aliphatic heterocycles. The molecule has 3 N–H and O–H groups in total. The predicted octanol–water partition coefficient (Wildman–Crippen LogP) is 0.379. The fourth-order valence-electron chi connectivity index (χ4n) is 2.90. The van der Waals surface area contributed by atoms with Crippen LogP contribution >= 0.6 is 7.82 Å². The van der Waals surface area contributed by atoms with Crippen LogP contribution in [0.25, 0.3) is 0 Å². The van der Waals surface area contributed by atoms with Gasteiger partial charge in [0.25, 0.3) is 7.82 Å². The van der Waals surface area contributed by atoms with Gasteiger partial charge >= 0.3 is 0 Å². The third kappa shape index (κ3) is 10.9. The summed E-state index contributed by atoms with van der Waals surface area (Å²) in [6, 6.07) is 0. The third-order valence-electron chi connectivity index (χ3n) is 4.86. The van der Waals surface area contributed by atoms with Crippen LogP contribution in [0, 0.1) is 0 Å². The quantitative estimate of drug-likeness (QED) is 0.181. The van der Waals surface area contributed by atoms with Crippen molar-refractivity contribution in [2.24, 2.45) is 0 Å². The topological polar surface area (TPSA) is 138 Å². The molecular formula is C19H40NO9P. The van der Waals surface area contributed by atoms with Crippen LogP contribution in [0.4, 0.5) is 0 Å². The van der Waals surface area contributed by atoms with Crippen molar-refractivity contribution in [3.63, 3.8) is 0 Å². The van der Waals surface area contributed by atoms with Crippen molar-refractivity contribution < 1.29 is 47.8 Å². The zero-order valence-electron chi connectivity index (χ0n) is 18.6. The summed E-state index contributed by atoms with van der Waals surface area (Å²) in [5.74, 6) is 0. The van der Waals surface area contributed by atoms with E-state index >= 15 is 0 Å². The molecule has 10 nitrogen and oxygen atoms in total. The van der Waals surface area contributed by atoms with Crippen molar-refractivity contribution in [3.05, 3.63) is 0 Å². The van der Waals surface area contributed by atoms with E-state index in [9.17, 15) is 24.8 Å². The van der Waals surface area contributed by atoms with Crippen molar-refractivity contribution in [2.75, 3.05) is 47.5 Å². The van der Waals surface area contributed by atoms with Crippen LogP contribution in [0.1, 0.15) is 45.4 Å². The minimum absolute atomic E-state index is 0.0519. The summed E-state index contributed by atoms with van der Waals surface area (Å²) in [4.78, 5) is 11.9. The molecule has 6 atom stereocenters. The molecule has 1 fully saturated rings. The van der Waals surface area contributed by atoms with Gasteiger partial charge in [-0.1, -0.05) is 39.0 Å². The van der Waals surface area contributed by atoms with Gasteiger partial charge in [0.2, 0.25) is 0 Å². The van der Waals surface area contributed by atoms with Gasteiger partial charge in [-0.15, -0.1) is 0 Å². The minimum atomic E-state index is -4.60. The Bertz CT molecular complexity index is 517. The lowest BCUT2D eigenvalue weighted by atomic mass is 9.99. The van der Waals surface area contributed by atoms with E-state index in [1.165, 1.54) is 12.8 Å². The summed E-state index contributed by atoms with van der Waals surface area (Å²) >= 11 is 0. The smallest absolute Gasteiger partial charge is 0.268 e. The molecule has 0 amide bonds. The molecule has 11 heteroatoms. The summed E-state index contributed by atoms with van der Waals surface area (Å²) in [5.41, 5.74) is 0. The number of hydrogen-bond donors (Lipinski definition) is 3. The number of phosphoric ester groups is 1. The monoisotopic (exact) mass is 457 g/mol. The van der Waals surface area contributed by atoms with Gasteiger partial charge in [0, 0.05) is 6.61 Å². The van der Waals surface area contributed by atoms with Gasteiger partial charge in [-0.05, 0) is 6.42 Å². The first-order valence-corrected chi connectivity index (χ1v) is 12.1. The lowest BCUT2D eigenvalue weighted by Gasteiger charge is -2.40. The van der Waals surface area contributed by atoms with Gasteiger partial charge in [0.05, 0.1) is 27.7 Å². The van der Waals surface area contributed by atoms with Crippen molar-refractivity contribution >= 4 is 7.82 Å². The number of unbranched alkanes of at least 4 members (excludes halogenated alkanes) is 5. The molecule has 0 aromatic rings. The number of aliphatic hydroxyl groups is 3. The Morgan fingerprint density at radius 1 is 0.933 bits per heavy atom. The molecule has 1 heterocycles. The maximum Gasteiger partial charge on any atom is 0.268 e. The lowest BCUT2D eigenvalue weighted by Crippen LogP contribution is -2.59. The highest BCUT2D eigenvalue weighted by molar-refractivity contribution is 7.45. The average Bonchev–Trinajstić information content (AvgIpc) is 2.65. The van der Waals surface area contributed by atoms with Gasteiger partial charge in [-0.3, -0.25) is 4.57 Å². The van der Waals surface area contributed by atoms with Crippen LogP contribution in [0.2, 0.25) is 0 Å². The molecule has 0 spiro atoms. The van der Waals surface area contributed by atoms with Crippen molar-refractivity contribution in [2.45, 2.75) is 76.2 Å². The molecule has 1 saturated heterocycles. The summed E-state index contributed by atoms with van der Waals surface area (Å²) in [6.07, 6.45) is -0.537. The lowest BCUT2D eigenvalue weighted by molar-refractivity contribution is -0.870. The maximum absolute atomic E-state index is 11.9. The molecule has 30 heavy (non-hydrogen) atoms. The molecule has 0 aromatic carbocycles. The standard InChI is InChI=1S/C19H40NO9P/c1-5-6-7-8-9-10-12-26-19-18(23)17(22)16(21)15(29-19)14-28-30(24,25)27-13-11-20(2,3)4/h15-19,21-23H,5-14H2,1-4H3/t15-,16+,17+,18-,19-/m1/s1. The van der Waals surface area contributed by atoms with E-state index in [2.05, 4.69) is 6.92 Å². The van der Waals surface area contributed by atoms with Crippen LogP contribution in [0.15, 0.2) is 0 Å². The molecule has 0 aliphatic carbocycles. The van der Waals surface area contributed by atoms with Gasteiger partial charge < -0.3 is 43.2 Å². The second-order valence-electron chi connectivity index (χ2n) is 8.74. The van der Waals surface area contributed by atoms with E-state index in [0.717, 1.165) is 25.7 Å². The fourth-order valence-corrected chi connectivity index (χ4v) is 3.61. The number of ether oxygens (including phenoxy) is 2. The summed E-state index contributed by atoms with van der Waals surface area (Å²) in [7, 11) is 1.08. The second kappa shape index (κ2) is 13.4. The van der Waals surface area contributed by atoms with Gasteiger partial charge in [0.15, 0.2) is 6.29 Å².